The van der Waals surface area contributed by atoms with Crippen molar-refractivity contribution in [2.75, 3.05) is 6.54 Å². The second-order valence-corrected chi connectivity index (χ2v) is 10.4. The van der Waals surface area contributed by atoms with Gasteiger partial charge in [-0.2, -0.15) is 0 Å². The highest BCUT2D eigenvalue weighted by molar-refractivity contribution is 6.43. The molecule has 0 fully saturated rings. The molecule has 2 aromatic carbocycles. The number of hydrogen-bond donors (Lipinski definition) is 3. The lowest BCUT2D eigenvalue weighted by atomic mass is 9.88. The zero-order chi connectivity index (χ0) is 24.2. The monoisotopic (exact) mass is 493 g/mol. The number of fused-ring (bicyclic) bond motifs is 1. The molecule has 5 nitrogen and oxygen atoms in total. The second kappa shape index (κ2) is 11.1. The highest BCUT2D eigenvalue weighted by atomic mass is 35.5. The first-order chi connectivity index (χ1) is 15.6. The van der Waals surface area contributed by atoms with Gasteiger partial charge in [-0.25, -0.2) is 0 Å². The van der Waals surface area contributed by atoms with E-state index in [-0.39, 0.29) is 28.4 Å². The summed E-state index contributed by atoms with van der Waals surface area (Å²) in [6, 6.07) is 12.0. The summed E-state index contributed by atoms with van der Waals surface area (Å²) in [5, 5.41) is 23.6. The number of aliphatic hydroxyl groups is 1. The lowest BCUT2D eigenvalue weighted by Gasteiger charge is -2.32. The summed E-state index contributed by atoms with van der Waals surface area (Å²) in [5.74, 6) is 0.0683. The number of ether oxygens (including phenoxy) is 1. The summed E-state index contributed by atoms with van der Waals surface area (Å²) < 4.78 is 5.89. The Morgan fingerprint density at radius 3 is 2.39 bits per heavy atom. The minimum atomic E-state index is -0.896. The van der Waals surface area contributed by atoms with Crippen LogP contribution in [0.4, 0.5) is 0 Å². The van der Waals surface area contributed by atoms with Crippen LogP contribution in [0.5, 0.6) is 5.75 Å². The SMILES string of the molecule is C[C@@H](Oc1ccc(CCC(=O)O)c(Cl)c1Cl)[C@@H](O)CNC(C)(C)CC1Cc2ccccc2C1. The molecule has 0 amide bonds. The Morgan fingerprint density at radius 2 is 1.79 bits per heavy atom. The van der Waals surface area contributed by atoms with E-state index in [1.807, 2.05) is 0 Å². The molecule has 0 bridgehead atoms. The van der Waals surface area contributed by atoms with Crippen LogP contribution in [0.25, 0.3) is 0 Å². The maximum atomic E-state index is 10.8. The Hall–Kier alpha value is -1.79. The number of halogens is 2. The van der Waals surface area contributed by atoms with E-state index < -0.39 is 18.2 Å². The third kappa shape index (κ3) is 7.10. The van der Waals surface area contributed by atoms with Crippen LogP contribution in [0, 0.1) is 5.92 Å². The van der Waals surface area contributed by atoms with Crippen molar-refractivity contribution in [3.8, 4) is 5.75 Å². The minimum absolute atomic E-state index is 0.0280. The van der Waals surface area contributed by atoms with E-state index in [2.05, 4.69) is 43.4 Å². The van der Waals surface area contributed by atoms with Gasteiger partial charge in [0.25, 0.3) is 0 Å². The molecule has 0 radical (unpaired) electrons. The van der Waals surface area contributed by atoms with Gasteiger partial charge in [-0.05, 0) is 75.1 Å². The molecular weight excluding hydrogens is 461 g/mol. The molecule has 2 aromatic rings. The van der Waals surface area contributed by atoms with Crippen molar-refractivity contribution < 1.29 is 19.7 Å². The van der Waals surface area contributed by atoms with E-state index >= 15 is 0 Å². The number of carboxylic acids is 1. The number of nitrogens with one attached hydrogen (secondary N) is 1. The molecular formula is C26H33Cl2NO4. The standard InChI is InChI=1S/C26H33Cl2NO4/c1-16(33-22-10-8-18(9-11-23(31)32)24(27)25(22)28)21(30)15-29-26(2,3)14-17-12-19-6-4-5-7-20(19)13-17/h4-8,10,16-17,21,29-30H,9,11-15H2,1-3H3,(H,31,32)/t16-,21+/m1/s1. The maximum Gasteiger partial charge on any atom is 0.303 e. The Balaban J connectivity index is 1.50. The largest absolute Gasteiger partial charge is 0.486 e. The smallest absolute Gasteiger partial charge is 0.303 e. The van der Waals surface area contributed by atoms with Crippen LogP contribution in [-0.2, 0) is 24.1 Å². The van der Waals surface area contributed by atoms with E-state index in [9.17, 15) is 9.90 Å². The van der Waals surface area contributed by atoms with Crippen LogP contribution in [0.3, 0.4) is 0 Å². The number of carbonyl (C=O) groups is 1. The summed E-state index contributed by atoms with van der Waals surface area (Å²) in [7, 11) is 0. The molecule has 33 heavy (non-hydrogen) atoms. The van der Waals surface area contributed by atoms with Gasteiger partial charge >= 0.3 is 5.97 Å². The van der Waals surface area contributed by atoms with Crippen LogP contribution in [0.1, 0.15) is 50.3 Å². The van der Waals surface area contributed by atoms with Gasteiger partial charge in [0.15, 0.2) is 0 Å². The number of hydrogen-bond acceptors (Lipinski definition) is 4. The fraction of sp³-hybridized carbons (Fsp3) is 0.500. The van der Waals surface area contributed by atoms with E-state index in [4.69, 9.17) is 33.0 Å². The third-order valence-corrected chi connectivity index (χ3v) is 7.22. The van der Waals surface area contributed by atoms with Crippen molar-refractivity contribution in [2.45, 2.75) is 70.6 Å². The van der Waals surface area contributed by atoms with Gasteiger partial charge < -0.3 is 20.3 Å². The van der Waals surface area contributed by atoms with Gasteiger partial charge in [0.05, 0.1) is 5.02 Å². The van der Waals surface area contributed by atoms with Crippen molar-refractivity contribution in [1.29, 1.82) is 0 Å². The van der Waals surface area contributed by atoms with Crippen molar-refractivity contribution in [2.24, 2.45) is 5.92 Å². The van der Waals surface area contributed by atoms with Crippen LogP contribution in [-0.4, -0.2) is 40.5 Å². The molecule has 180 valence electrons. The predicted molar refractivity (Wildman–Crippen MR) is 133 cm³/mol. The molecule has 0 unspecified atom stereocenters. The number of aryl methyl sites for hydroxylation is 1. The Labute approximate surface area is 206 Å². The molecule has 3 N–H and O–H groups in total. The number of rotatable bonds is 11. The quantitative estimate of drug-likeness (QED) is 0.395. The van der Waals surface area contributed by atoms with E-state index in [0.717, 1.165) is 19.3 Å². The predicted octanol–water partition coefficient (Wildman–Crippen LogP) is 5.31. The molecule has 0 aliphatic heterocycles. The third-order valence-electron chi connectivity index (χ3n) is 6.31. The summed E-state index contributed by atoms with van der Waals surface area (Å²) >= 11 is 12.6. The van der Waals surface area contributed by atoms with Crippen molar-refractivity contribution in [3.63, 3.8) is 0 Å². The lowest BCUT2D eigenvalue weighted by molar-refractivity contribution is -0.136. The molecule has 2 atom stereocenters. The number of aliphatic carboxylic acids is 1. The summed E-state index contributed by atoms with van der Waals surface area (Å²) in [6.07, 6.45) is 2.23. The zero-order valence-electron chi connectivity index (χ0n) is 19.4. The molecule has 0 spiro atoms. The van der Waals surface area contributed by atoms with E-state index in [0.29, 0.717) is 23.8 Å². The first kappa shape index (κ1) is 25.8. The fourth-order valence-corrected chi connectivity index (χ4v) is 4.99. The van der Waals surface area contributed by atoms with Crippen molar-refractivity contribution in [3.05, 3.63) is 63.1 Å². The Morgan fingerprint density at radius 1 is 1.15 bits per heavy atom. The fourth-order valence-electron chi connectivity index (χ4n) is 4.51. The molecule has 0 saturated carbocycles. The molecule has 7 heteroatoms. The first-order valence-corrected chi connectivity index (χ1v) is 12.2. The van der Waals surface area contributed by atoms with Crippen LogP contribution >= 0.6 is 23.2 Å². The molecule has 1 aliphatic rings. The number of aliphatic hydroxyl groups excluding tert-OH is 1. The van der Waals surface area contributed by atoms with E-state index in [1.165, 1.54) is 11.1 Å². The topological polar surface area (TPSA) is 78.8 Å². The minimum Gasteiger partial charge on any atom is -0.486 e. The van der Waals surface area contributed by atoms with Gasteiger partial charge in [-0.1, -0.05) is 53.5 Å². The van der Waals surface area contributed by atoms with Gasteiger partial charge in [0, 0.05) is 18.5 Å². The van der Waals surface area contributed by atoms with Gasteiger partial charge in [0.2, 0.25) is 0 Å². The van der Waals surface area contributed by atoms with Gasteiger partial charge in [0.1, 0.15) is 23.0 Å². The highest BCUT2D eigenvalue weighted by Crippen LogP contribution is 2.36. The average molecular weight is 494 g/mol. The molecule has 3 rings (SSSR count). The Bertz CT molecular complexity index is 954. The summed E-state index contributed by atoms with van der Waals surface area (Å²) in [6.45, 7) is 6.51. The molecule has 0 aromatic heterocycles. The summed E-state index contributed by atoms with van der Waals surface area (Å²) in [4.78, 5) is 10.8. The second-order valence-electron chi connectivity index (χ2n) is 9.65. The highest BCUT2D eigenvalue weighted by Gasteiger charge is 2.29. The zero-order valence-corrected chi connectivity index (χ0v) is 20.9. The molecule has 0 heterocycles. The average Bonchev–Trinajstić information content (AvgIpc) is 3.16. The Kier molecular flexibility index (Phi) is 8.68. The summed E-state index contributed by atoms with van der Waals surface area (Å²) in [5.41, 5.74) is 3.43. The van der Waals surface area contributed by atoms with Crippen LogP contribution < -0.4 is 10.1 Å². The lowest BCUT2D eigenvalue weighted by Crippen LogP contribution is -2.48. The van der Waals surface area contributed by atoms with Crippen LogP contribution in [0.2, 0.25) is 10.0 Å². The van der Waals surface area contributed by atoms with Gasteiger partial charge in [-0.15, -0.1) is 0 Å². The van der Waals surface area contributed by atoms with Gasteiger partial charge in [-0.3, -0.25) is 4.79 Å². The van der Waals surface area contributed by atoms with E-state index in [1.54, 1.807) is 19.1 Å². The maximum absolute atomic E-state index is 10.8. The number of β-amino-alcohol motifs (C(OH)–C–C–N with tert-alkyl or cyclic N) is 1. The molecule has 1 aliphatic carbocycles. The molecule has 0 saturated heterocycles. The number of carboxylic acid groups (broad SMARTS) is 1. The van der Waals surface area contributed by atoms with Crippen LogP contribution in [0.15, 0.2) is 36.4 Å². The normalized spacial score (nSPS) is 15.8. The van der Waals surface area contributed by atoms with Crippen molar-refractivity contribution >= 4 is 29.2 Å². The van der Waals surface area contributed by atoms with Crippen molar-refractivity contribution in [1.82, 2.24) is 5.32 Å². The first-order valence-electron chi connectivity index (χ1n) is 11.4. The number of benzene rings is 2.